The Labute approximate surface area is 102 Å². The molecule has 0 aromatic rings. The van der Waals surface area contributed by atoms with Gasteiger partial charge in [0.1, 0.15) is 0 Å². The molecule has 0 aromatic carbocycles. The van der Waals surface area contributed by atoms with Gasteiger partial charge in [-0.3, -0.25) is 9.11 Å². The van der Waals surface area contributed by atoms with Crippen LogP contribution in [0.4, 0.5) is 0 Å². The summed E-state index contributed by atoms with van der Waals surface area (Å²) in [6.45, 7) is 3.58. The molecule has 17 heavy (non-hydrogen) atoms. The van der Waals surface area contributed by atoms with Gasteiger partial charge >= 0.3 is 10.4 Å². The van der Waals surface area contributed by atoms with Crippen LogP contribution in [0.3, 0.4) is 0 Å². The largest absolute Gasteiger partial charge is 0.394 e. The molecule has 0 atom stereocenters. The average molecular weight is 278 g/mol. The molecule has 0 aromatic heterocycles. The first-order valence-electron chi connectivity index (χ1n) is 4.65. The van der Waals surface area contributed by atoms with E-state index in [1.54, 1.807) is 0 Å². The summed E-state index contributed by atoms with van der Waals surface area (Å²) in [7, 11) is -4.67. The summed E-state index contributed by atoms with van der Waals surface area (Å²) < 4.78 is 31.6. The summed E-state index contributed by atoms with van der Waals surface area (Å²) in [5.74, 6) is 0. The van der Waals surface area contributed by atoms with Crippen LogP contribution in [0.15, 0.2) is 0 Å². The van der Waals surface area contributed by atoms with Crippen molar-refractivity contribution >= 4 is 10.4 Å². The molecule has 14 N–H and O–H groups in total. The minimum Gasteiger partial charge on any atom is -0.329 e. The first-order chi connectivity index (χ1) is 7.74. The highest BCUT2D eigenvalue weighted by Crippen LogP contribution is 1.59. The van der Waals surface area contributed by atoms with Crippen LogP contribution in [-0.4, -0.2) is 56.8 Å². The van der Waals surface area contributed by atoms with Crippen LogP contribution in [0.1, 0.15) is 0 Å². The second-order valence-corrected chi connectivity index (χ2v) is 3.08. The second-order valence-electron chi connectivity index (χ2n) is 2.18. The molecule has 0 unspecified atom stereocenters. The predicted molar refractivity (Wildman–Crippen MR) is 68.5 cm³/mol. The number of hydrogen-bond acceptors (Lipinski definition) is 8. The van der Waals surface area contributed by atoms with E-state index in [1.807, 2.05) is 0 Å². The molecule has 0 spiro atoms. The third kappa shape index (κ3) is 420. The molecule has 0 aliphatic carbocycles. The Balaban J connectivity index is -0.0000000667. The fourth-order valence-corrected chi connectivity index (χ4v) is 0. The van der Waals surface area contributed by atoms with E-state index in [4.69, 9.17) is 51.9 Å². The fourth-order valence-electron chi connectivity index (χ4n) is 0. The van der Waals surface area contributed by atoms with Crippen LogP contribution in [0.5, 0.6) is 0 Å². The molecule has 0 amide bonds. The van der Waals surface area contributed by atoms with Crippen LogP contribution in [0.2, 0.25) is 0 Å². The molecule has 10 nitrogen and oxygen atoms in total. The lowest BCUT2D eigenvalue weighted by Crippen LogP contribution is -2.11. The van der Waals surface area contributed by atoms with Crippen molar-refractivity contribution in [2.24, 2.45) is 34.4 Å². The molecule has 0 bridgehead atoms. The van der Waals surface area contributed by atoms with Gasteiger partial charge in [-0.05, 0) is 0 Å². The van der Waals surface area contributed by atoms with Gasteiger partial charge < -0.3 is 34.4 Å². The summed E-state index contributed by atoms with van der Waals surface area (Å²) in [4.78, 5) is 0. The van der Waals surface area contributed by atoms with Gasteiger partial charge in [0.05, 0.1) is 0 Å². The first-order valence-corrected chi connectivity index (χ1v) is 6.04. The number of hydrogen-bond donors (Lipinski definition) is 8. The molecule has 0 heterocycles. The Hall–Kier alpha value is -0.370. The third-order valence-corrected chi connectivity index (χ3v) is 0.500. The van der Waals surface area contributed by atoms with Gasteiger partial charge in [0.25, 0.3) is 0 Å². The molecule has 11 heteroatoms. The SMILES string of the molecule is NCCN.NCCN.NCCN.O=S(=O)(O)O. The van der Waals surface area contributed by atoms with Gasteiger partial charge in [0.2, 0.25) is 0 Å². The highest BCUT2D eigenvalue weighted by Gasteiger charge is 1.84. The van der Waals surface area contributed by atoms with Crippen LogP contribution < -0.4 is 34.4 Å². The van der Waals surface area contributed by atoms with Crippen molar-refractivity contribution in [1.29, 1.82) is 0 Å². The smallest absolute Gasteiger partial charge is 0.329 e. The molecule has 0 fully saturated rings. The zero-order valence-corrected chi connectivity index (χ0v) is 10.6. The Morgan fingerprint density at radius 2 is 0.647 bits per heavy atom. The van der Waals surface area contributed by atoms with Crippen molar-refractivity contribution in [3.63, 3.8) is 0 Å². The van der Waals surface area contributed by atoms with Gasteiger partial charge in [-0.2, -0.15) is 8.42 Å². The Morgan fingerprint density at radius 3 is 0.647 bits per heavy atom. The predicted octanol–water partition coefficient (Wildman–Crippen LogP) is -3.94. The topological polar surface area (TPSA) is 231 Å². The maximum atomic E-state index is 8.74. The lowest BCUT2D eigenvalue weighted by molar-refractivity contribution is 0.381. The third-order valence-electron chi connectivity index (χ3n) is 0.500. The van der Waals surface area contributed by atoms with Gasteiger partial charge in [0, 0.05) is 39.3 Å². The molecule has 0 rings (SSSR count). The van der Waals surface area contributed by atoms with E-state index in [2.05, 4.69) is 0 Å². The minimum atomic E-state index is -4.67. The van der Waals surface area contributed by atoms with E-state index >= 15 is 0 Å². The van der Waals surface area contributed by atoms with Crippen molar-refractivity contribution < 1.29 is 17.5 Å². The average Bonchev–Trinajstić information content (AvgIpc) is 2.27. The standard InChI is InChI=1S/3C2H8N2.H2O4S/c3*3-1-2-4;1-5(2,3)4/h3*1-4H2;(H2,1,2,3,4). The van der Waals surface area contributed by atoms with Crippen LogP contribution in [0.25, 0.3) is 0 Å². The molecular formula is C6H26N6O4S. The Kier molecular flexibility index (Phi) is 37.1. The van der Waals surface area contributed by atoms with Gasteiger partial charge in [-0.25, -0.2) is 0 Å². The second kappa shape index (κ2) is 24.7. The van der Waals surface area contributed by atoms with Crippen molar-refractivity contribution in [3.8, 4) is 0 Å². The first kappa shape index (κ1) is 25.5. The summed E-state index contributed by atoms with van der Waals surface area (Å²) >= 11 is 0. The van der Waals surface area contributed by atoms with Crippen LogP contribution in [-0.2, 0) is 10.4 Å². The molecule has 0 aliphatic heterocycles. The van der Waals surface area contributed by atoms with Crippen LogP contribution in [0, 0.1) is 0 Å². The van der Waals surface area contributed by atoms with Crippen molar-refractivity contribution in [3.05, 3.63) is 0 Å². The maximum Gasteiger partial charge on any atom is 0.394 e. The van der Waals surface area contributed by atoms with Crippen LogP contribution >= 0.6 is 0 Å². The van der Waals surface area contributed by atoms with E-state index in [-0.39, 0.29) is 0 Å². The van der Waals surface area contributed by atoms with Gasteiger partial charge in [0.15, 0.2) is 0 Å². The number of nitrogens with two attached hydrogens (primary N) is 6. The highest BCUT2D eigenvalue weighted by molar-refractivity contribution is 7.79. The van der Waals surface area contributed by atoms with E-state index in [1.165, 1.54) is 0 Å². The van der Waals surface area contributed by atoms with E-state index in [0.29, 0.717) is 39.3 Å². The summed E-state index contributed by atoms with van der Waals surface area (Å²) in [5.41, 5.74) is 29.4. The van der Waals surface area contributed by atoms with Crippen molar-refractivity contribution in [2.75, 3.05) is 39.3 Å². The van der Waals surface area contributed by atoms with Gasteiger partial charge in [-0.15, -0.1) is 0 Å². The normalized spacial score (nSPS) is 8.71. The monoisotopic (exact) mass is 278 g/mol. The Bertz CT molecular complexity index is 165. The molecular weight excluding hydrogens is 252 g/mol. The summed E-state index contributed by atoms with van der Waals surface area (Å²) in [6, 6.07) is 0. The zero-order chi connectivity index (χ0) is 14.7. The fraction of sp³-hybridized carbons (Fsp3) is 1.00. The van der Waals surface area contributed by atoms with Gasteiger partial charge in [-0.1, -0.05) is 0 Å². The lowest BCUT2D eigenvalue weighted by Gasteiger charge is -1.72. The van der Waals surface area contributed by atoms with E-state index in [9.17, 15) is 0 Å². The van der Waals surface area contributed by atoms with Crippen molar-refractivity contribution in [2.45, 2.75) is 0 Å². The molecule has 0 radical (unpaired) electrons. The van der Waals surface area contributed by atoms with E-state index in [0.717, 1.165) is 0 Å². The van der Waals surface area contributed by atoms with E-state index < -0.39 is 10.4 Å². The molecule has 0 saturated heterocycles. The Morgan fingerprint density at radius 1 is 0.588 bits per heavy atom. The summed E-state index contributed by atoms with van der Waals surface area (Å²) in [5, 5.41) is 0. The minimum absolute atomic E-state index is 0.597. The zero-order valence-electron chi connectivity index (χ0n) is 9.83. The molecule has 110 valence electrons. The number of rotatable bonds is 3. The molecule has 0 saturated carbocycles. The highest BCUT2D eigenvalue weighted by atomic mass is 32.3. The lowest BCUT2D eigenvalue weighted by atomic mass is 10.7. The quantitative estimate of drug-likeness (QED) is 0.233. The van der Waals surface area contributed by atoms with Crippen molar-refractivity contribution in [1.82, 2.24) is 0 Å². The maximum absolute atomic E-state index is 8.74. The molecule has 0 aliphatic rings. The summed E-state index contributed by atoms with van der Waals surface area (Å²) in [6.07, 6.45) is 0.